The van der Waals surface area contributed by atoms with E-state index in [1.54, 1.807) is 6.20 Å². The Labute approximate surface area is 115 Å². The number of benzene rings is 1. The number of nitrogens with one attached hydrogen (secondary N) is 1. The Bertz CT molecular complexity index is 585. The van der Waals surface area contributed by atoms with Gasteiger partial charge in [-0.2, -0.15) is 10.2 Å². The van der Waals surface area contributed by atoms with Crippen LogP contribution >= 0.6 is 0 Å². The number of aromatic nitrogens is 2. The summed E-state index contributed by atoms with van der Waals surface area (Å²) < 4.78 is 0. The molecule has 7 heteroatoms. The zero-order valence-corrected chi connectivity index (χ0v) is 10.7. The number of hydrogen-bond donors (Lipinski definition) is 4. The van der Waals surface area contributed by atoms with E-state index in [-0.39, 0.29) is 6.42 Å². The molecule has 2 atom stereocenters. The molecule has 0 radical (unpaired) electrons. The molecule has 1 heterocycles. The maximum absolute atomic E-state index is 9.43. The smallest absolute Gasteiger partial charge is 0.176 e. The number of aliphatic hydroxyl groups is 3. The van der Waals surface area contributed by atoms with Gasteiger partial charge in [0.25, 0.3) is 0 Å². The molecule has 1 aromatic carbocycles. The summed E-state index contributed by atoms with van der Waals surface area (Å²) in [4.78, 5) is 0. The average molecular weight is 276 g/mol. The molecular formula is C13H16N4O3. The summed E-state index contributed by atoms with van der Waals surface area (Å²) in [6, 6.07) is 7.61. The Morgan fingerprint density at radius 1 is 1.25 bits per heavy atom. The van der Waals surface area contributed by atoms with E-state index in [1.807, 2.05) is 24.3 Å². The summed E-state index contributed by atoms with van der Waals surface area (Å²) in [5.74, 6) is 0.511. The molecule has 0 saturated carbocycles. The van der Waals surface area contributed by atoms with Crippen molar-refractivity contribution < 1.29 is 15.3 Å². The minimum Gasteiger partial charge on any atom is -0.394 e. The van der Waals surface area contributed by atoms with E-state index < -0.39 is 18.8 Å². The van der Waals surface area contributed by atoms with Crippen LogP contribution in [0.1, 0.15) is 6.42 Å². The molecule has 0 spiro atoms. The van der Waals surface area contributed by atoms with Crippen LogP contribution in [-0.2, 0) is 0 Å². The molecule has 2 rings (SSSR count). The molecule has 4 N–H and O–H groups in total. The first-order chi connectivity index (χ1) is 9.72. The highest BCUT2D eigenvalue weighted by molar-refractivity contribution is 5.90. The zero-order valence-electron chi connectivity index (χ0n) is 10.7. The third-order valence-electron chi connectivity index (χ3n) is 2.81. The van der Waals surface area contributed by atoms with Gasteiger partial charge < -0.3 is 15.3 Å². The lowest BCUT2D eigenvalue weighted by molar-refractivity contribution is -0.00945. The molecule has 0 bridgehead atoms. The van der Waals surface area contributed by atoms with Crippen LogP contribution in [0.5, 0.6) is 0 Å². The second-order valence-corrected chi connectivity index (χ2v) is 4.26. The van der Waals surface area contributed by atoms with Gasteiger partial charge in [0.15, 0.2) is 5.82 Å². The Kier molecular flexibility index (Phi) is 4.94. The van der Waals surface area contributed by atoms with Gasteiger partial charge in [0.05, 0.1) is 18.9 Å². The Balaban J connectivity index is 1.99. The fourth-order valence-electron chi connectivity index (χ4n) is 1.66. The number of nitrogens with zero attached hydrogens (tertiary/aromatic N) is 3. The van der Waals surface area contributed by atoms with E-state index in [1.165, 1.54) is 6.21 Å². The third kappa shape index (κ3) is 3.47. The molecule has 106 valence electrons. The van der Waals surface area contributed by atoms with E-state index in [2.05, 4.69) is 20.7 Å². The molecule has 0 amide bonds. The maximum atomic E-state index is 9.43. The van der Waals surface area contributed by atoms with Crippen LogP contribution in [0.25, 0.3) is 10.8 Å². The van der Waals surface area contributed by atoms with Crippen molar-refractivity contribution in [3.8, 4) is 0 Å². The van der Waals surface area contributed by atoms with Gasteiger partial charge in [0, 0.05) is 23.4 Å². The molecule has 1 aromatic heterocycles. The van der Waals surface area contributed by atoms with E-state index in [4.69, 9.17) is 5.11 Å². The van der Waals surface area contributed by atoms with Gasteiger partial charge in [-0.25, -0.2) is 0 Å². The normalized spacial score (nSPS) is 14.6. The standard InChI is InChI=1S/C13H16N4O3/c18-8-12(20)11(19)5-6-14-16-13-10-4-2-1-3-9(10)7-15-17-13/h1-4,6-7,11-12,18-20H,5,8H2,(H,16,17)/b14-6+. The third-order valence-corrected chi connectivity index (χ3v) is 2.81. The topological polar surface area (TPSA) is 111 Å². The first-order valence-electron chi connectivity index (χ1n) is 6.17. The van der Waals surface area contributed by atoms with Crippen LogP contribution in [0, 0.1) is 0 Å². The predicted octanol–water partition coefficient (Wildman–Crippen LogP) is 0.132. The van der Waals surface area contributed by atoms with E-state index >= 15 is 0 Å². The second-order valence-electron chi connectivity index (χ2n) is 4.26. The van der Waals surface area contributed by atoms with Gasteiger partial charge in [-0.05, 0) is 0 Å². The molecule has 0 aliphatic carbocycles. The molecule has 0 fully saturated rings. The molecule has 0 saturated heterocycles. The SMILES string of the molecule is OCC(O)C(O)C/C=N/Nc1nncc2ccccc12. The van der Waals surface area contributed by atoms with Crippen molar-refractivity contribution in [3.05, 3.63) is 30.5 Å². The van der Waals surface area contributed by atoms with Crippen molar-refractivity contribution in [2.75, 3.05) is 12.0 Å². The van der Waals surface area contributed by atoms with Gasteiger partial charge in [-0.3, -0.25) is 5.43 Å². The lowest BCUT2D eigenvalue weighted by Crippen LogP contribution is -2.29. The molecule has 7 nitrogen and oxygen atoms in total. The molecular weight excluding hydrogens is 260 g/mol. The highest BCUT2D eigenvalue weighted by Gasteiger charge is 2.13. The number of hydrogen-bond acceptors (Lipinski definition) is 7. The summed E-state index contributed by atoms with van der Waals surface area (Å²) in [6.07, 6.45) is 0.967. The Morgan fingerprint density at radius 2 is 2.05 bits per heavy atom. The van der Waals surface area contributed by atoms with Gasteiger partial charge in [-0.1, -0.05) is 24.3 Å². The zero-order chi connectivity index (χ0) is 14.4. The first kappa shape index (κ1) is 14.3. The number of fused-ring (bicyclic) bond motifs is 1. The van der Waals surface area contributed by atoms with Crippen LogP contribution in [0.2, 0.25) is 0 Å². The van der Waals surface area contributed by atoms with Crippen LogP contribution in [0.15, 0.2) is 35.6 Å². The largest absolute Gasteiger partial charge is 0.394 e. The number of rotatable bonds is 6. The summed E-state index contributed by atoms with van der Waals surface area (Å²) in [7, 11) is 0. The molecule has 0 aliphatic heterocycles. The predicted molar refractivity (Wildman–Crippen MR) is 75.4 cm³/mol. The minimum absolute atomic E-state index is 0.118. The lowest BCUT2D eigenvalue weighted by atomic mass is 10.1. The summed E-state index contributed by atoms with van der Waals surface area (Å²) in [5.41, 5.74) is 2.74. The quantitative estimate of drug-likeness (QED) is 0.441. The lowest BCUT2D eigenvalue weighted by Gasteiger charge is -2.12. The van der Waals surface area contributed by atoms with E-state index in [0.717, 1.165) is 10.8 Å². The fourth-order valence-corrected chi connectivity index (χ4v) is 1.66. The summed E-state index contributed by atoms with van der Waals surface area (Å²) in [5, 5.41) is 40.8. The van der Waals surface area contributed by atoms with Gasteiger partial charge >= 0.3 is 0 Å². The maximum Gasteiger partial charge on any atom is 0.176 e. The molecule has 20 heavy (non-hydrogen) atoms. The van der Waals surface area contributed by atoms with Crippen molar-refractivity contribution in [3.63, 3.8) is 0 Å². The number of hydrazone groups is 1. The monoisotopic (exact) mass is 276 g/mol. The Morgan fingerprint density at radius 3 is 2.85 bits per heavy atom. The highest BCUT2D eigenvalue weighted by atomic mass is 16.4. The van der Waals surface area contributed by atoms with Crippen molar-refractivity contribution in [1.82, 2.24) is 10.2 Å². The minimum atomic E-state index is -1.17. The van der Waals surface area contributed by atoms with E-state index in [9.17, 15) is 10.2 Å². The van der Waals surface area contributed by atoms with Crippen LogP contribution in [-0.4, -0.2) is 50.5 Å². The molecule has 2 unspecified atom stereocenters. The van der Waals surface area contributed by atoms with Crippen LogP contribution in [0.3, 0.4) is 0 Å². The van der Waals surface area contributed by atoms with Gasteiger partial charge in [-0.15, -0.1) is 5.10 Å². The van der Waals surface area contributed by atoms with Gasteiger partial charge in [0.2, 0.25) is 0 Å². The molecule has 2 aromatic rings. The van der Waals surface area contributed by atoms with Crippen molar-refractivity contribution in [2.45, 2.75) is 18.6 Å². The molecule has 0 aliphatic rings. The average Bonchev–Trinajstić information content (AvgIpc) is 2.50. The van der Waals surface area contributed by atoms with Crippen molar-refractivity contribution >= 4 is 22.8 Å². The van der Waals surface area contributed by atoms with Crippen LogP contribution < -0.4 is 5.43 Å². The van der Waals surface area contributed by atoms with Gasteiger partial charge in [0.1, 0.15) is 6.10 Å². The highest BCUT2D eigenvalue weighted by Crippen LogP contribution is 2.18. The van der Waals surface area contributed by atoms with Crippen LogP contribution in [0.4, 0.5) is 5.82 Å². The fraction of sp³-hybridized carbons (Fsp3) is 0.308. The number of aliphatic hydroxyl groups excluding tert-OH is 3. The summed E-state index contributed by atoms with van der Waals surface area (Å²) in [6.45, 7) is -0.489. The summed E-state index contributed by atoms with van der Waals surface area (Å²) >= 11 is 0. The Hall–Kier alpha value is -2.09. The number of anilines is 1. The van der Waals surface area contributed by atoms with Crippen molar-refractivity contribution in [2.24, 2.45) is 5.10 Å². The van der Waals surface area contributed by atoms with Crippen molar-refractivity contribution in [1.29, 1.82) is 0 Å². The first-order valence-corrected chi connectivity index (χ1v) is 6.17. The van der Waals surface area contributed by atoms with E-state index in [0.29, 0.717) is 5.82 Å². The second kappa shape index (κ2) is 6.90.